The SMILES string of the molecule is Cc1ccc2c(c1)OCC(O)C2N. The maximum atomic E-state index is 9.44. The van der Waals surface area contributed by atoms with E-state index < -0.39 is 6.10 Å². The number of fused-ring (bicyclic) bond motifs is 1. The summed E-state index contributed by atoms with van der Waals surface area (Å²) in [5, 5.41) is 9.44. The Labute approximate surface area is 77.1 Å². The lowest BCUT2D eigenvalue weighted by Gasteiger charge is -2.27. The molecule has 3 N–H and O–H groups in total. The van der Waals surface area contributed by atoms with Crippen molar-refractivity contribution < 1.29 is 9.84 Å². The average Bonchev–Trinajstić information content (AvgIpc) is 2.12. The molecule has 1 aliphatic heterocycles. The summed E-state index contributed by atoms with van der Waals surface area (Å²) in [5.74, 6) is 0.804. The van der Waals surface area contributed by atoms with Crippen LogP contribution >= 0.6 is 0 Å². The Hall–Kier alpha value is -1.06. The fraction of sp³-hybridized carbons (Fsp3) is 0.400. The summed E-state index contributed by atoms with van der Waals surface area (Å²) >= 11 is 0. The minimum absolute atomic E-state index is 0.289. The van der Waals surface area contributed by atoms with E-state index in [9.17, 15) is 5.11 Å². The van der Waals surface area contributed by atoms with E-state index in [1.807, 2.05) is 25.1 Å². The van der Waals surface area contributed by atoms with Gasteiger partial charge in [-0.05, 0) is 18.6 Å². The molecule has 3 nitrogen and oxygen atoms in total. The zero-order valence-corrected chi connectivity index (χ0v) is 7.53. The van der Waals surface area contributed by atoms with Crippen molar-refractivity contribution in [2.45, 2.75) is 19.1 Å². The van der Waals surface area contributed by atoms with Gasteiger partial charge in [0.15, 0.2) is 0 Å². The Morgan fingerprint density at radius 3 is 3.08 bits per heavy atom. The fourth-order valence-corrected chi connectivity index (χ4v) is 1.53. The van der Waals surface area contributed by atoms with Crippen molar-refractivity contribution in [3.05, 3.63) is 29.3 Å². The number of ether oxygens (including phenoxy) is 1. The highest BCUT2D eigenvalue weighted by Crippen LogP contribution is 2.31. The van der Waals surface area contributed by atoms with E-state index in [1.54, 1.807) is 0 Å². The lowest BCUT2D eigenvalue weighted by Crippen LogP contribution is -2.35. The quantitative estimate of drug-likeness (QED) is 0.618. The van der Waals surface area contributed by atoms with Crippen LogP contribution in [-0.4, -0.2) is 17.8 Å². The number of aliphatic hydroxyl groups is 1. The van der Waals surface area contributed by atoms with Gasteiger partial charge in [0.25, 0.3) is 0 Å². The van der Waals surface area contributed by atoms with Gasteiger partial charge in [-0.25, -0.2) is 0 Å². The lowest BCUT2D eigenvalue weighted by molar-refractivity contribution is 0.0678. The summed E-state index contributed by atoms with van der Waals surface area (Å²) in [6.45, 7) is 2.29. The van der Waals surface area contributed by atoms with Gasteiger partial charge in [0, 0.05) is 5.56 Å². The van der Waals surface area contributed by atoms with Crippen molar-refractivity contribution >= 4 is 0 Å². The number of nitrogens with two attached hydrogens (primary N) is 1. The summed E-state index contributed by atoms with van der Waals surface area (Å²) in [6.07, 6.45) is -0.588. The second-order valence-electron chi connectivity index (χ2n) is 3.45. The normalized spacial score (nSPS) is 26.4. The van der Waals surface area contributed by atoms with Crippen LogP contribution in [0.25, 0.3) is 0 Å². The molecular weight excluding hydrogens is 166 g/mol. The highest BCUT2D eigenvalue weighted by Gasteiger charge is 2.25. The van der Waals surface area contributed by atoms with E-state index in [2.05, 4.69) is 0 Å². The molecule has 0 aliphatic carbocycles. The van der Waals surface area contributed by atoms with E-state index in [0.29, 0.717) is 0 Å². The zero-order valence-electron chi connectivity index (χ0n) is 7.53. The molecule has 0 spiro atoms. The summed E-state index contributed by atoms with van der Waals surface area (Å²) in [7, 11) is 0. The molecule has 2 rings (SSSR count). The van der Waals surface area contributed by atoms with Crippen LogP contribution in [0.3, 0.4) is 0 Å². The van der Waals surface area contributed by atoms with Crippen molar-refractivity contribution in [2.75, 3.05) is 6.61 Å². The van der Waals surface area contributed by atoms with E-state index in [1.165, 1.54) is 0 Å². The standard InChI is InChI=1S/C10H13NO2/c1-6-2-3-7-9(4-6)13-5-8(12)10(7)11/h2-4,8,10,12H,5,11H2,1H3. The number of aryl methyl sites for hydroxylation is 1. The highest BCUT2D eigenvalue weighted by atomic mass is 16.5. The van der Waals surface area contributed by atoms with E-state index in [4.69, 9.17) is 10.5 Å². The second kappa shape index (κ2) is 3.01. The van der Waals surface area contributed by atoms with Crippen LogP contribution in [0.4, 0.5) is 0 Å². The van der Waals surface area contributed by atoms with Crippen LogP contribution in [0, 0.1) is 6.92 Å². The Bertz CT molecular complexity index is 325. The fourth-order valence-electron chi connectivity index (χ4n) is 1.53. The minimum Gasteiger partial charge on any atom is -0.490 e. The maximum Gasteiger partial charge on any atom is 0.124 e. The molecule has 1 heterocycles. The largest absolute Gasteiger partial charge is 0.490 e. The van der Waals surface area contributed by atoms with Crippen LogP contribution < -0.4 is 10.5 Å². The first-order valence-corrected chi connectivity index (χ1v) is 4.35. The first kappa shape index (κ1) is 8.53. The molecule has 0 bridgehead atoms. The summed E-state index contributed by atoms with van der Waals surface area (Å²) in [5.41, 5.74) is 7.84. The molecule has 2 unspecified atom stereocenters. The molecule has 2 atom stereocenters. The molecule has 1 aliphatic rings. The Balaban J connectivity index is 2.44. The molecule has 1 aromatic carbocycles. The predicted molar refractivity (Wildman–Crippen MR) is 49.6 cm³/mol. The third-order valence-corrected chi connectivity index (χ3v) is 2.35. The summed E-state index contributed by atoms with van der Waals surface area (Å²) < 4.78 is 5.36. The summed E-state index contributed by atoms with van der Waals surface area (Å²) in [4.78, 5) is 0. The molecular formula is C10H13NO2. The molecule has 0 saturated carbocycles. The lowest BCUT2D eigenvalue weighted by atomic mass is 9.98. The molecule has 0 amide bonds. The molecule has 0 fully saturated rings. The molecule has 13 heavy (non-hydrogen) atoms. The van der Waals surface area contributed by atoms with Crippen molar-refractivity contribution in [3.8, 4) is 5.75 Å². The number of hydrogen-bond acceptors (Lipinski definition) is 3. The smallest absolute Gasteiger partial charge is 0.124 e. The maximum absolute atomic E-state index is 9.44. The monoisotopic (exact) mass is 179 g/mol. The van der Waals surface area contributed by atoms with Gasteiger partial charge in [0.2, 0.25) is 0 Å². The average molecular weight is 179 g/mol. The Morgan fingerprint density at radius 2 is 2.31 bits per heavy atom. The van der Waals surface area contributed by atoms with E-state index >= 15 is 0 Å². The van der Waals surface area contributed by atoms with E-state index in [-0.39, 0.29) is 12.6 Å². The van der Waals surface area contributed by atoms with Gasteiger partial charge in [0.05, 0.1) is 6.04 Å². The van der Waals surface area contributed by atoms with Gasteiger partial charge in [-0.1, -0.05) is 12.1 Å². The van der Waals surface area contributed by atoms with Gasteiger partial charge in [-0.3, -0.25) is 0 Å². The topological polar surface area (TPSA) is 55.5 Å². The van der Waals surface area contributed by atoms with Crippen LogP contribution in [0.15, 0.2) is 18.2 Å². The zero-order chi connectivity index (χ0) is 9.42. The molecule has 0 aromatic heterocycles. The van der Waals surface area contributed by atoms with Crippen molar-refractivity contribution in [1.82, 2.24) is 0 Å². The third-order valence-electron chi connectivity index (χ3n) is 2.35. The van der Waals surface area contributed by atoms with Gasteiger partial charge in [0.1, 0.15) is 18.5 Å². The van der Waals surface area contributed by atoms with E-state index in [0.717, 1.165) is 16.9 Å². The Morgan fingerprint density at radius 1 is 1.54 bits per heavy atom. The predicted octanol–water partition coefficient (Wildman–Crippen LogP) is 0.748. The van der Waals surface area contributed by atoms with Crippen molar-refractivity contribution in [2.24, 2.45) is 5.73 Å². The number of hydrogen-bond donors (Lipinski definition) is 2. The second-order valence-corrected chi connectivity index (χ2v) is 3.45. The van der Waals surface area contributed by atoms with Crippen LogP contribution in [-0.2, 0) is 0 Å². The minimum atomic E-state index is -0.588. The van der Waals surface area contributed by atoms with Gasteiger partial charge >= 0.3 is 0 Å². The van der Waals surface area contributed by atoms with Gasteiger partial charge < -0.3 is 15.6 Å². The number of rotatable bonds is 0. The molecule has 1 aromatic rings. The van der Waals surface area contributed by atoms with Crippen LogP contribution in [0.1, 0.15) is 17.2 Å². The summed E-state index contributed by atoms with van der Waals surface area (Å²) in [6, 6.07) is 5.52. The molecule has 0 saturated heterocycles. The first-order valence-electron chi connectivity index (χ1n) is 4.35. The highest BCUT2D eigenvalue weighted by molar-refractivity contribution is 5.41. The number of benzene rings is 1. The molecule has 70 valence electrons. The Kier molecular flexibility index (Phi) is 1.98. The van der Waals surface area contributed by atoms with Crippen molar-refractivity contribution in [3.63, 3.8) is 0 Å². The van der Waals surface area contributed by atoms with Crippen LogP contribution in [0.2, 0.25) is 0 Å². The third kappa shape index (κ3) is 1.41. The van der Waals surface area contributed by atoms with Crippen LogP contribution in [0.5, 0.6) is 5.75 Å². The first-order chi connectivity index (χ1) is 6.18. The van der Waals surface area contributed by atoms with Gasteiger partial charge in [-0.2, -0.15) is 0 Å². The van der Waals surface area contributed by atoms with Gasteiger partial charge in [-0.15, -0.1) is 0 Å². The number of aliphatic hydroxyl groups excluding tert-OH is 1. The molecule has 0 radical (unpaired) electrons. The molecule has 3 heteroatoms. The van der Waals surface area contributed by atoms with Crippen molar-refractivity contribution in [1.29, 1.82) is 0 Å².